The molecule has 9 nitrogen and oxygen atoms in total. The highest BCUT2D eigenvalue weighted by Crippen LogP contribution is 2.20. The van der Waals surface area contributed by atoms with Gasteiger partial charge in [0.05, 0.1) is 13.2 Å². The van der Waals surface area contributed by atoms with Crippen molar-refractivity contribution in [1.29, 1.82) is 0 Å². The number of hydrogen-bond donors (Lipinski definition) is 2. The third-order valence-corrected chi connectivity index (χ3v) is 9.97. The molecule has 0 radical (unpaired) electrons. The summed E-state index contributed by atoms with van der Waals surface area (Å²) in [5.41, 5.74) is 5.46. The smallest absolute Gasteiger partial charge is 0.426 e. The van der Waals surface area contributed by atoms with Crippen LogP contribution in [-0.2, 0) is 30.3 Å². The molecule has 0 spiro atoms. The fourth-order valence-corrected chi connectivity index (χ4v) is 5.36. The van der Waals surface area contributed by atoms with Crippen LogP contribution in [0.25, 0.3) is 11.1 Å². The number of aliphatic carboxylic acids is 1. The number of benzene rings is 2. The molecular weight excluding hydrogens is 569 g/mol. The van der Waals surface area contributed by atoms with Crippen LogP contribution in [0, 0.1) is 0 Å². The number of nitrogens with zero attached hydrogens (tertiary/aromatic N) is 1. The van der Waals surface area contributed by atoms with Gasteiger partial charge in [0, 0.05) is 29.0 Å². The summed E-state index contributed by atoms with van der Waals surface area (Å²) in [6.07, 6.45) is -1.14. The number of carbonyl (C=O) groups excluding carboxylic acids is 3. The number of ether oxygens (including phenoxy) is 2. The summed E-state index contributed by atoms with van der Waals surface area (Å²) >= 11 is 0. The SMILES string of the molecule is C[Si](C)(C)CCOC(=O)NN(C(=O)CCc1ccc(-c2ccccc2)cc1)[C@@H](CCC(=O)O)C(=O)OCC[Si](C)(C)C. The Balaban J connectivity index is 2.20. The van der Waals surface area contributed by atoms with E-state index in [4.69, 9.17) is 9.47 Å². The van der Waals surface area contributed by atoms with Crippen molar-refractivity contribution >= 4 is 40.1 Å². The Kier molecular flexibility index (Phi) is 13.5. The standard InChI is InChI=1S/C31H46N2O7Si2/c1-41(2,3)22-20-39-30(37)27(17-19-29(35)36)33(32-31(38)40-21-23-42(4,5)6)28(34)18-14-24-12-15-26(16-13-24)25-10-8-7-9-11-25/h7-13,15-16,27H,14,17-23H2,1-6H3,(H,32,38)(H,35,36)/t27-/m0/s1. The minimum atomic E-state index is -1.52. The Morgan fingerprint density at radius 1 is 0.786 bits per heavy atom. The number of rotatable bonds is 15. The summed E-state index contributed by atoms with van der Waals surface area (Å²) in [4.78, 5) is 50.8. The number of amides is 2. The zero-order valence-electron chi connectivity index (χ0n) is 25.8. The molecule has 1 atom stereocenters. The monoisotopic (exact) mass is 614 g/mol. The van der Waals surface area contributed by atoms with Crippen LogP contribution in [0.1, 0.15) is 24.8 Å². The molecule has 230 valence electrons. The van der Waals surface area contributed by atoms with E-state index < -0.39 is 46.1 Å². The van der Waals surface area contributed by atoms with Gasteiger partial charge in [-0.05, 0) is 41.6 Å². The molecule has 0 aliphatic carbocycles. The summed E-state index contributed by atoms with van der Waals surface area (Å²) in [5.74, 6) is -2.42. The maximum Gasteiger partial charge on any atom is 0.426 e. The minimum Gasteiger partial charge on any atom is -0.481 e. The molecule has 0 bridgehead atoms. The van der Waals surface area contributed by atoms with Gasteiger partial charge in [0.15, 0.2) is 6.04 Å². The van der Waals surface area contributed by atoms with E-state index >= 15 is 0 Å². The van der Waals surface area contributed by atoms with E-state index in [1.807, 2.05) is 54.6 Å². The highest BCUT2D eigenvalue weighted by Gasteiger charge is 2.34. The van der Waals surface area contributed by atoms with Crippen molar-refractivity contribution in [3.05, 3.63) is 60.2 Å². The molecule has 2 rings (SSSR count). The fraction of sp³-hybridized carbons (Fsp3) is 0.484. The summed E-state index contributed by atoms with van der Waals surface area (Å²) < 4.78 is 10.8. The number of hydrogen-bond acceptors (Lipinski definition) is 6. The third-order valence-electron chi connectivity index (χ3n) is 6.57. The first kappa shape index (κ1) is 34.8. The van der Waals surface area contributed by atoms with E-state index in [1.54, 1.807) is 0 Å². The Labute approximate surface area is 251 Å². The van der Waals surface area contributed by atoms with Gasteiger partial charge in [-0.2, -0.15) is 0 Å². The van der Waals surface area contributed by atoms with Gasteiger partial charge in [-0.15, -0.1) is 0 Å². The van der Waals surface area contributed by atoms with Crippen molar-refractivity contribution in [3.63, 3.8) is 0 Å². The van der Waals surface area contributed by atoms with Crippen LogP contribution in [0.2, 0.25) is 51.4 Å². The van der Waals surface area contributed by atoms with Gasteiger partial charge in [-0.1, -0.05) is 93.9 Å². The number of carboxylic acids is 1. The Morgan fingerprint density at radius 3 is 1.88 bits per heavy atom. The maximum atomic E-state index is 13.5. The molecule has 2 N–H and O–H groups in total. The average Bonchev–Trinajstić information content (AvgIpc) is 2.90. The van der Waals surface area contributed by atoms with Crippen LogP contribution in [0.4, 0.5) is 4.79 Å². The quantitative estimate of drug-likeness (QED) is 0.139. The van der Waals surface area contributed by atoms with Gasteiger partial charge < -0.3 is 14.6 Å². The van der Waals surface area contributed by atoms with E-state index in [9.17, 15) is 24.3 Å². The second-order valence-corrected chi connectivity index (χ2v) is 24.1. The van der Waals surface area contributed by atoms with Crippen molar-refractivity contribution in [3.8, 4) is 11.1 Å². The second-order valence-electron chi connectivity index (χ2n) is 12.8. The van der Waals surface area contributed by atoms with Gasteiger partial charge in [0.1, 0.15) is 0 Å². The number of carboxylic acid groups (broad SMARTS) is 1. The first-order chi connectivity index (χ1) is 19.6. The minimum absolute atomic E-state index is 0.0222. The highest BCUT2D eigenvalue weighted by atomic mass is 28.3. The fourth-order valence-electron chi connectivity index (χ4n) is 3.93. The van der Waals surface area contributed by atoms with Crippen LogP contribution < -0.4 is 5.43 Å². The zero-order chi connectivity index (χ0) is 31.3. The third kappa shape index (κ3) is 13.5. The molecule has 0 fully saturated rings. The molecule has 11 heteroatoms. The Hall–Kier alpha value is -3.45. The molecule has 0 aromatic heterocycles. The van der Waals surface area contributed by atoms with E-state index in [1.165, 1.54) is 0 Å². The lowest BCUT2D eigenvalue weighted by molar-refractivity contribution is -0.158. The number of hydrazine groups is 1. The first-order valence-corrected chi connectivity index (χ1v) is 21.8. The molecular formula is C31H46N2O7Si2. The van der Waals surface area contributed by atoms with Gasteiger partial charge in [-0.25, -0.2) is 20.0 Å². The average molecular weight is 615 g/mol. The lowest BCUT2D eigenvalue weighted by Gasteiger charge is -2.30. The first-order valence-electron chi connectivity index (χ1n) is 14.4. The van der Waals surface area contributed by atoms with E-state index in [0.717, 1.165) is 27.7 Å². The molecule has 0 aliphatic rings. The van der Waals surface area contributed by atoms with E-state index in [-0.39, 0.29) is 32.5 Å². The van der Waals surface area contributed by atoms with Gasteiger partial charge in [-0.3, -0.25) is 9.59 Å². The second kappa shape index (κ2) is 16.3. The number of nitrogens with one attached hydrogen (secondary N) is 1. The summed E-state index contributed by atoms with van der Waals surface area (Å²) in [7, 11) is -2.99. The van der Waals surface area contributed by atoms with Crippen LogP contribution in [0.15, 0.2) is 54.6 Å². The summed E-state index contributed by atoms with van der Waals surface area (Å²) in [6.45, 7) is 13.2. The zero-order valence-corrected chi connectivity index (χ0v) is 27.8. The van der Waals surface area contributed by atoms with Gasteiger partial charge >= 0.3 is 18.0 Å². The van der Waals surface area contributed by atoms with Crippen molar-refractivity contribution in [2.45, 2.75) is 83.1 Å². The molecule has 0 saturated heterocycles. The van der Waals surface area contributed by atoms with Crippen molar-refractivity contribution in [2.75, 3.05) is 13.2 Å². The summed E-state index contributed by atoms with van der Waals surface area (Å²) in [6, 6.07) is 17.9. The largest absolute Gasteiger partial charge is 0.481 e. The topological polar surface area (TPSA) is 122 Å². The molecule has 42 heavy (non-hydrogen) atoms. The van der Waals surface area contributed by atoms with Crippen LogP contribution in [0.3, 0.4) is 0 Å². The predicted molar refractivity (Wildman–Crippen MR) is 169 cm³/mol. The molecule has 2 aromatic carbocycles. The number of esters is 1. The molecule has 0 unspecified atom stereocenters. The lowest BCUT2D eigenvalue weighted by Crippen LogP contribution is -2.55. The highest BCUT2D eigenvalue weighted by molar-refractivity contribution is 6.76. The molecule has 0 heterocycles. The van der Waals surface area contributed by atoms with Crippen LogP contribution in [0.5, 0.6) is 0 Å². The molecule has 2 amide bonds. The molecule has 0 saturated carbocycles. The molecule has 2 aromatic rings. The van der Waals surface area contributed by atoms with Gasteiger partial charge in [0.25, 0.3) is 0 Å². The number of carbonyl (C=O) groups is 4. The van der Waals surface area contributed by atoms with E-state index in [0.29, 0.717) is 12.5 Å². The van der Waals surface area contributed by atoms with Crippen molar-refractivity contribution in [2.24, 2.45) is 0 Å². The van der Waals surface area contributed by atoms with Crippen molar-refractivity contribution in [1.82, 2.24) is 10.4 Å². The Bertz CT molecular complexity index is 1180. The van der Waals surface area contributed by atoms with Crippen LogP contribution >= 0.6 is 0 Å². The van der Waals surface area contributed by atoms with Crippen LogP contribution in [-0.4, -0.2) is 69.5 Å². The summed E-state index contributed by atoms with van der Waals surface area (Å²) in [5, 5.41) is 10.2. The molecule has 0 aliphatic heterocycles. The normalized spacial score (nSPS) is 12.2. The van der Waals surface area contributed by atoms with Gasteiger partial charge in [0.2, 0.25) is 5.91 Å². The van der Waals surface area contributed by atoms with E-state index in [2.05, 4.69) is 44.7 Å². The number of aryl methyl sites for hydroxylation is 1. The Morgan fingerprint density at radius 2 is 1.33 bits per heavy atom. The van der Waals surface area contributed by atoms with Crippen molar-refractivity contribution < 1.29 is 33.8 Å². The predicted octanol–water partition coefficient (Wildman–Crippen LogP) is 6.21. The maximum absolute atomic E-state index is 13.5. The lowest BCUT2D eigenvalue weighted by atomic mass is 10.0.